The van der Waals surface area contributed by atoms with Gasteiger partial charge in [-0.3, -0.25) is 4.79 Å². The second-order valence-corrected chi connectivity index (χ2v) is 3.97. The van der Waals surface area contributed by atoms with Crippen molar-refractivity contribution in [1.82, 2.24) is 5.16 Å². The lowest BCUT2D eigenvalue weighted by Crippen LogP contribution is -2.04. The van der Waals surface area contributed by atoms with Crippen LogP contribution in [0.4, 0.5) is 0 Å². The Balaban J connectivity index is 2.68. The number of benzene rings is 1. The van der Waals surface area contributed by atoms with Crippen LogP contribution in [-0.2, 0) is 0 Å². The van der Waals surface area contributed by atoms with Gasteiger partial charge in [0.1, 0.15) is 5.56 Å². The molecule has 2 rings (SSSR count). The van der Waals surface area contributed by atoms with Crippen molar-refractivity contribution < 1.29 is 14.4 Å². The third-order valence-corrected chi connectivity index (χ3v) is 2.50. The highest BCUT2D eigenvalue weighted by molar-refractivity contribution is 9.10. The molecule has 0 aliphatic rings. The van der Waals surface area contributed by atoms with E-state index in [-0.39, 0.29) is 11.3 Å². The van der Waals surface area contributed by atoms with Crippen molar-refractivity contribution in [2.45, 2.75) is 0 Å². The predicted molar refractivity (Wildman–Crippen MR) is 59.4 cm³/mol. The molecule has 0 amide bonds. The van der Waals surface area contributed by atoms with Gasteiger partial charge in [0.05, 0.1) is 0 Å². The topological polar surface area (TPSA) is 83.3 Å². The first-order valence-corrected chi connectivity index (χ1v) is 5.09. The lowest BCUT2D eigenvalue weighted by molar-refractivity contribution is 0.0653. The summed E-state index contributed by atoms with van der Waals surface area (Å²) in [5.74, 6) is -1.67. The van der Waals surface area contributed by atoms with Gasteiger partial charge in [0.25, 0.3) is 11.3 Å². The third kappa shape index (κ3) is 1.79. The van der Waals surface area contributed by atoms with Crippen molar-refractivity contribution in [3.8, 4) is 11.1 Å². The molecule has 0 aliphatic heterocycles. The zero-order valence-corrected chi connectivity index (χ0v) is 9.45. The Morgan fingerprint density at radius 1 is 1.44 bits per heavy atom. The van der Waals surface area contributed by atoms with E-state index in [4.69, 9.17) is 5.11 Å². The van der Waals surface area contributed by atoms with Crippen LogP contribution in [0.2, 0.25) is 0 Å². The van der Waals surface area contributed by atoms with Crippen LogP contribution >= 0.6 is 15.9 Å². The van der Waals surface area contributed by atoms with Crippen LogP contribution in [0.3, 0.4) is 0 Å². The molecule has 2 aromatic rings. The van der Waals surface area contributed by atoms with Gasteiger partial charge in [-0.2, -0.15) is 5.16 Å². The first-order chi connectivity index (χ1) is 7.59. The first-order valence-electron chi connectivity index (χ1n) is 4.30. The quantitative estimate of drug-likeness (QED) is 0.884. The summed E-state index contributed by atoms with van der Waals surface area (Å²) in [6.45, 7) is 0. The minimum Gasteiger partial charge on any atom is -0.475 e. The molecule has 0 saturated heterocycles. The Morgan fingerprint density at radius 3 is 2.81 bits per heavy atom. The van der Waals surface area contributed by atoms with E-state index in [1.807, 2.05) is 5.16 Å². The molecule has 0 unspecified atom stereocenters. The number of carboxylic acid groups (broad SMARTS) is 1. The number of rotatable bonds is 2. The number of carbonyl (C=O) groups is 1. The fourth-order valence-corrected chi connectivity index (χ4v) is 1.76. The second kappa shape index (κ2) is 3.97. The molecule has 1 aromatic carbocycles. The standard InChI is InChI=1S/C10H6BrNO4/c11-6-3-1-2-5(4-6)7-8(10(14)15)16-12-9(7)13/h1-4H,(H,12,13)(H,14,15). The van der Waals surface area contributed by atoms with E-state index in [1.165, 1.54) is 0 Å². The molecule has 0 saturated carbocycles. The molecular weight excluding hydrogens is 278 g/mol. The summed E-state index contributed by atoms with van der Waals surface area (Å²) >= 11 is 3.24. The maximum Gasteiger partial charge on any atom is 0.375 e. The van der Waals surface area contributed by atoms with Gasteiger partial charge < -0.3 is 9.63 Å². The molecule has 0 fully saturated rings. The molecular formula is C10H6BrNO4. The highest BCUT2D eigenvalue weighted by Gasteiger charge is 2.20. The number of aromatic carboxylic acids is 1. The van der Waals surface area contributed by atoms with Gasteiger partial charge >= 0.3 is 5.97 Å². The van der Waals surface area contributed by atoms with Crippen LogP contribution in [-0.4, -0.2) is 16.2 Å². The molecule has 0 aliphatic carbocycles. The highest BCUT2D eigenvalue weighted by Crippen LogP contribution is 2.23. The average Bonchev–Trinajstić information content (AvgIpc) is 2.60. The predicted octanol–water partition coefficient (Wildman–Crippen LogP) is 2.10. The third-order valence-electron chi connectivity index (χ3n) is 2.01. The number of nitrogens with one attached hydrogen (secondary N) is 1. The van der Waals surface area contributed by atoms with Crippen LogP contribution in [0.1, 0.15) is 10.6 Å². The Kier molecular flexibility index (Phi) is 2.66. The molecule has 0 radical (unpaired) electrons. The highest BCUT2D eigenvalue weighted by atomic mass is 79.9. The van der Waals surface area contributed by atoms with Gasteiger partial charge in [-0.15, -0.1) is 0 Å². The number of H-pyrrole nitrogens is 1. The molecule has 2 N–H and O–H groups in total. The minimum atomic E-state index is -1.28. The zero-order chi connectivity index (χ0) is 11.7. The maximum atomic E-state index is 11.4. The van der Waals surface area contributed by atoms with E-state index in [0.717, 1.165) is 4.47 Å². The van der Waals surface area contributed by atoms with Crippen LogP contribution < -0.4 is 5.56 Å². The molecule has 1 aromatic heterocycles. The Labute approximate surface area is 97.8 Å². The van der Waals surface area contributed by atoms with Crippen molar-refractivity contribution >= 4 is 21.9 Å². The number of hydrogen-bond donors (Lipinski definition) is 2. The minimum absolute atomic E-state index is 0.0220. The SMILES string of the molecule is O=C(O)c1o[nH]c(=O)c1-c1cccc(Br)c1. The summed E-state index contributed by atoms with van der Waals surface area (Å²) in [5, 5.41) is 10.9. The molecule has 82 valence electrons. The molecule has 0 spiro atoms. The Morgan fingerprint density at radius 2 is 2.19 bits per heavy atom. The molecule has 5 nitrogen and oxygen atoms in total. The molecule has 6 heteroatoms. The lowest BCUT2D eigenvalue weighted by atomic mass is 10.1. The number of aromatic amines is 1. The lowest BCUT2D eigenvalue weighted by Gasteiger charge is -1.97. The van der Waals surface area contributed by atoms with E-state index in [1.54, 1.807) is 24.3 Å². The summed E-state index contributed by atoms with van der Waals surface area (Å²) in [5.41, 5.74) is -0.0499. The van der Waals surface area contributed by atoms with Crippen molar-refractivity contribution in [3.05, 3.63) is 44.9 Å². The maximum absolute atomic E-state index is 11.4. The number of aromatic nitrogens is 1. The molecule has 0 atom stereocenters. The molecule has 0 bridgehead atoms. The Bertz CT molecular complexity index is 599. The summed E-state index contributed by atoms with van der Waals surface area (Å²) in [7, 11) is 0. The number of carboxylic acids is 1. The van der Waals surface area contributed by atoms with Gasteiger partial charge in [-0.25, -0.2) is 4.79 Å². The van der Waals surface area contributed by atoms with Crippen molar-refractivity contribution in [2.24, 2.45) is 0 Å². The van der Waals surface area contributed by atoms with Crippen LogP contribution in [0.15, 0.2) is 38.1 Å². The summed E-state index contributed by atoms with van der Waals surface area (Å²) in [6, 6.07) is 6.76. The fraction of sp³-hybridized carbons (Fsp3) is 0. The van der Waals surface area contributed by atoms with E-state index in [2.05, 4.69) is 20.5 Å². The van der Waals surface area contributed by atoms with E-state index in [0.29, 0.717) is 5.56 Å². The largest absolute Gasteiger partial charge is 0.475 e. The van der Waals surface area contributed by atoms with Crippen molar-refractivity contribution in [1.29, 1.82) is 0 Å². The number of halogens is 1. The van der Waals surface area contributed by atoms with Crippen LogP contribution in [0.25, 0.3) is 11.1 Å². The van der Waals surface area contributed by atoms with E-state index in [9.17, 15) is 9.59 Å². The fourth-order valence-electron chi connectivity index (χ4n) is 1.36. The van der Waals surface area contributed by atoms with Gasteiger partial charge in [-0.05, 0) is 17.7 Å². The molecule has 16 heavy (non-hydrogen) atoms. The van der Waals surface area contributed by atoms with Gasteiger partial charge in [0, 0.05) is 4.47 Å². The van der Waals surface area contributed by atoms with E-state index < -0.39 is 11.5 Å². The summed E-state index contributed by atoms with van der Waals surface area (Å²) < 4.78 is 5.35. The number of hydrogen-bond acceptors (Lipinski definition) is 3. The smallest absolute Gasteiger partial charge is 0.375 e. The van der Waals surface area contributed by atoms with Gasteiger partial charge in [0.15, 0.2) is 0 Å². The Hall–Kier alpha value is -1.82. The van der Waals surface area contributed by atoms with Crippen LogP contribution in [0, 0.1) is 0 Å². The van der Waals surface area contributed by atoms with Gasteiger partial charge in [-0.1, -0.05) is 28.1 Å². The summed E-state index contributed by atoms with van der Waals surface area (Å²) in [6.07, 6.45) is 0. The van der Waals surface area contributed by atoms with E-state index >= 15 is 0 Å². The van der Waals surface area contributed by atoms with Crippen LogP contribution in [0.5, 0.6) is 0 Å². The first kappa shape index (κ1) is 10.7. The van der Waals surface area contributed by atoms with Crippen molar-refractivity contribution in [2.75, 3.05) is 0 Å². The van der Waals surface area contributed by atoms with Gasteiger partial charge in [0.2, 0.25) is 0 Å². The average molecular weight is 284 g/mol. The zero-order valence-electron chi connectivity index (χ0n) is 7.86. The monoisotopic (exact) mass is 283 g/mol. The second-order valence-electron chi connectivity index (χ2n) is 3.05. The normalized spacial score (nSPS) is 10.3. The van der Waals surface area contributed by atoms with Crippen molar-refractivity contribution in [3.63, 3.8) is 0 Å². The summed E-state index contributed by atoms with van der Waals surface area (Å²) in [4.78, 5) is 22.3. The molecule has 1 heterocycles.